The molecule has 1 unspecified atom stereocenters. The van der Waals surface area contributed by atoms with Gasteiger partial charge in [-0.15, -0.1) is 23.2 Å². The number of benzene rings is 1. The van der Waals surface area contributed by atoms with Crippen LogP contribution in [0.3, 0.4) is 0 Å². The van der Waals surface area contributed by atoms with Crippen molar-refractivity contribution in [2.45, 2.75) is 11.3 Å². The minimum absolute atomic E-state index is 0.137. The summed E-state index contributed by atoms with van der Waals surface area (Å²) in [5, 5.41) is 0.979. The molecule has 1 nitrogen and oxygen atoms in total. The van der Waals surface area contributed by atoms with Crippen molar-refractivity contribution in [1.29, 1.82) is 0 Å². The summed E-state index contributed by atoms with van der Waals surface area (Å²) in [5.74, 6) is 0.203. The van der Waals surface area contributed by atoms with Crippen molar-refractivity contribution in [3.63, 3.8) is 0 Å². The third kappa shape index (κ3) is 1.23. The normalized spacial score (nSPS) is 44.1. The van der Waals surface area contributed by atoms with Gasteiger partial charge in [-0.2, -0.15) is 0 Å². The van der Waals surface area contributed by atoms with Crippen LogP contribution in [-0.2, 0) is 4.57 Å². The van der Waals surface area contributed by atoms with Gasteiger partial charge >= 0.3 is 0 Å². The fourth-order valence-corrected chi connectivity index (χ4v) is 8.35. The quantitative estimate of drug-likeness (QED) is 0.566. The molecule has 0 N–H and O–H groups in total. The summed E-state index contributed by atoms with van der Waals surface area (Å²) in [6.45, 7) is 2.06. The van der Waals surface area contributed by atoms with Gasteiger partial charge in [0.1, 0.15) is 11.5 Å². The highest BCUT2D eigenvalue weighted by atomic mass is 35.5. The lowest BCUT2D eigenvalue weighted by molar-refractivity contribution is 0.572. The van der Waals surface area contributed by atoms with Gasteiger partial charge in [-0.05, 0) is 0 Å². The first kappa shape index (κ1) is 11.1. The summed E-state index contributed by atoms with van der Waals surface area (Å²) in [7, 11) is -2.24. The lowest BCUT2D eigenvalue weighted by Gasteiger charge is -2.19. The smallest absolute Gasteiger partial charge is 0.128 e. The molecule has 0 radical (unpaired) electrons. The first-order valence-electron chi connectivity index (χ1n) is 5.42. The van der Waals surface area contributed by atoms with Crippen LogP contribution in [0.2, 0.25) is 0 Å². The number of halogens is 2. The van der Waals surface area contributed by atoms with Crippen molar-refractivity contribution >= 4 is 35.6 Å². The van der Waals surface area contributed by atoms with Gasteiger partial charge in [0.2, 0.25) is 0 Å². The van der Waals surface area contributed by atoms with Gasteiger partial charge in [-0.1, -0.05) is 37.3 Å². The van der Waals surface area contributed by atoms with Crippen LogP contribution in [-0.4, -0.2) is 16.7 Å². The summed E-state index contributed by atoms with van der Waals surface area (Å²) < 4.78 is 12.2. The lowest BCUT2D eigenvalue weighted by atomic mass is 10.1. The molecule has 3 rings (SSSR count). The summed E-state index contributed by atoms with van der Waals surface area (Å²) in [4.78, 5) is 0. The van der Waals surface area contributed by atoms with Gasteiger partial charge in [0.25, 0.3) is 0 Å². The van der Waals surface area contributed by atoms with E-state index >= 15 is 0 Å². The van der Waals surface area contributed by atoms with Crippen LogP contribution in [0.25, 0.3) is 0 Å². The molecule has 2 fully saturated rings. The van der Waals surface area contributed by atoms with E-state index in [2.05, 4.69) is 6.92 Å². The summed E-state index contributed by atoms with van der Waals surface area (Å²) in [6, 6.07) is 9.74. The van der Waals surface area contributed by atoms with Gasteiger partial charge in [0.15, 0.2) is 0 Å². The molecular weight excluding hydrogens is 262 g/mol. The number of hydrogen-bond donors (Lipinski definition) is 0. The molecule has 1 aliphatic carbocycles. The van der Waals surface area contributed by atoms with Gasteiger partial charge in [0, 0.05) is 29.0 Å². The second-order valence-electron chi connectivity index (χ2n) is 5.16. The van der Waals surface area contributed by atoms with Crippen molar-refractivity contribution in [2.75, 3.05) is 12.3 Å². The van der Waals surface area contributed by atoms with Crippen molar-refractivity contribution < 1.29 is 4.57 Å². The zero-order valence-electron chi connectivity index (χ0n) is 8.99. The molecule has 1 saturated carbocycles. The van der Waals surface area contributed by atoms with Crippen molar-refractivity contribution in [3.05, 3.63) is 30.3 Å². The third-order valence-corrected chi connectivity index (χ3v) is 8.93. The summed E-state index contributed by atoms with van der Waals surface area (Å²) in [6.07, 6.45) is 1.32. The Bertz CT molecular complexity index is 485. The Balaban J connectivity index is 1.95. The SMILES string of the molecule is C[C@]12C[P@@](=O)(c3ccccc3)CC1C2(Cl)Cl. The second kappa shape index (κ2) is 3.07. The number of alkyl halides is 2. The fraction of sp³-hybridized carbons (Fsp3) is 0.500. The van der Waals surface area contributed by atoms with E-state index in [0.29, 0.717) is 12.3 Å². The maximum atomic E-state index is 12.8. The van der Waals surface area contributed by atoms with Gasteiger partial charge < -0.3 is 4.57 Å². The van der Waals surface area contributed by atoms with Crippen LogP contribution >= 0.6 is 30.3 Å². The first-order chi connectivity index (χ1) is 7.40. The van der Waals surface area contributed by atoms with E-state index in [4.69, 9.17) is 23.2 Å². The van der Waals surface area contributed by atoms with Crippen LogP contribution in [0.1, 0.15) is 6.92 Å². The molecule has 86 valence electrons. The molecule has 1 aromatic rings. The Morgan fingerprint density at radius 2 is 1.94 bits per heavy atom. The second-order valence-corrected chi connectivity index (χ2v) is 9.52. The predicted molar refractivity (Wildman–Crippen MR) is 69.5 cm³/mol. The minimum atomic E-state index is -2.24. The van der Waals surface area contributed by atoms with Gasteiger partial charge in [-0.25, -0.2) is 0 Å². The van der Waals surface area contributed by atoms with Crippen molar-refractivity contribution in [2.24, 2.45) is 11.3 Å². The predicted octanol–water partition coefficient (Wildman–Crippen LogP) is 3.50. The number of rotatable bonds is 1. The Hall–Kier alpha value is 0.0300. The van der Waals surface area contributed by atoms with Crippen molar-refractivity contribution in [3.8, 4) is 0 Å². The Morgan fingerprint density at radius 1 is 1.31 bits per heavy atom. The van der Waals surface area contributed by atoms with E-state index in [-0.39, 0.29) is 11.3 Å². The van der Waals surface area contributed by atoms with Crippen molar-refractivity contribution in [1.82, 2.24) is 0 Å². The van der Waals surface area contributed by atoms with E-state index in [1.54, 1.807) is 0 Å². The average Bonchev–Trinajstić information content (AvgIpc) is 2.57. The van der Waals surface area contributed by atoms with Crippen LogP contribution in [0.5, 0.6) is 0 Å². The monoisotopic (exact) mass is 274 g/mol. The zero-order valence-corrected chi connectivity index (χ0v) is 11.4. The molecule has 16 heavy (non-hydrogen) atoms. The van der Waals surface area contributed by atoms with Crippen LogP contribution in [0.15, 0.2) is 30.3 Å². The molecule has 0 spiro atoms. The molecular formula is C12H13Cl2OP. The maximum absolute atomic E-state index is 12.8. The zero-order chi connectivity index (χ0) is 11.6. The molecule has 1 saturated heterocycles. The highest BCUT2D eigenvalue weighted by molar-refractivity contribution is 7.72. The van der Waals surface area contributed by atoms with E-state index in [9.17, 15) is 4.57 Å². The molecule has 1 heterocycles. The standard InChI is InChI=1S/C12H13Cl2OP/c1-11-8-16(15,7-10(11)12(11,13)14)9-5-3-2-4-6-9/h2-6,10H,7-8H2,1H3/t10?,11-,16+/m0/s1. The topological polar surface area (TPSA) is 17.1 Å². The average molecular weight is 275 g/mol. The molecule has 1 aliphatic heterocycles. The number of hydrogen-bond acceptors (Lipinski definition) is 1. The largest absolute Gasteiger partial charge is 0.319 e. The Morgan fingerprint density at radius 3 is 2.44 bits per heavy atom. The maximum Gasteiger partial charge on any atom is 0.128 e. The third-order valence-electron chi connectivity index (χ3n) is 4.17. The van der Waals surface area contributed by atoms with Crippen LogP contribution in [0.4, 0.5) is 0 Å². The van der Waals surface area contributed by atoms with Crippen LogP contribution in [0, 0.1) is 11.3 Å². The van der Waals surface area contributed by atoms with Gasteiger partial charge in [0.05, 0.1) is 0 Å². The molecule has 3 atom stereocenters. The summed E-state index contributed by atoms with van der Waals surface area (Å²) >= 11 is 12.4. The molecule has 2 aliphatic rings. The molecule has 0 bridgehead atoms. The van der Waals surface area contributed by atoms with E-state index in [1.807, 2.05) is 30.3 Å². The molecule has 0 amide bonds. The highest BCUT2D eigenvalue weighted by Gasteiger charge is 2.78. The molecule has 4 heteroatoms. The Kier molecular flexibility index (Phi) is 2.14. The van der Waals surface area contributed by atoms with Crippen LogP contribution < -0.4 is 5.30 Å². The minimum Gasteiger partial charge on any atom is -0.319 e. The van der Waals surface area contributed by atoms with E-state index in [1.165, 1.54) is 0 Å². The lowest BCUT2D eigenvalue weighted by Crippen LogP contribution is -2.16. The fourth-order valence-electron chi connectivity index (χ4n) is 2.99. The Labute approximate surface area is 106 Å². The molecule has 1 aromatic carbocycles. The highest BCUT2D eigenvalue weighted by Crippen LogP contribution is 2.81. The van der Waals surface area contributed by atoms with E-state index < -0.39 is 11.5 Å². The molecule has 0 aromatic heterocycles. The number of fused-ring (bicyclic) bond motifs is 1. The summed E-state index contributed by atoms with van der Waals surface area (Å²) in [5.41, 5.74) is -0.137. The van der Waals surface area contributed by atoms with Gasteiger partial charge in [-0.3, -0.25) is 0 Å². The first-order valence-corrected chi connectivity index (χ1v) is 8.25. The van der Waals surface area contributed by atoms with E-state index in [0.717, 1.165) is 5.30 Å².